The van der Waals surface area contributed by atoms with Crippen LogP contribution in [0.5, 0.6) is 5.75 Å². The summed E-state index contributed by atoms with van der Waals surface area (Å²) in [5.74, 6) is 1.64. The molecule has 2 heteroatoms. The van der Waals surface area contributed by atoms with Crippen molar-refractivity contribution in [3.8, 4) is 5.75 Å². The fourth-order valence-electron chi connectivity index (χ4n) is 3.11. The molecule has 0 fully saturated rings. The summed E-state index contributed by atoms with van der Waals surface area (Å²) >= 11 is 0. The lowest BCUT2D eigenvalue weighted by molar-refractivity contribution is 0.0461. The van der Waals surface area contributed by atoms with Crippen molar-refractivity contribution in [3.63, 3.8) is 0 Å². The molecule has 0 spiro atoms. The number of rotatable bonds is 11. The van der Waals surface area contributed by atoms with Gasteiger partial charge in [0.25, 0.3) is 0 Å². The lowest BCUT2D eigenvalue weighted by Crippen LogP contribution is -2.13. The molecule has 0 aliphatic carbocycles. The van der Waals surface area contributed by atoms with Crippen LogP contribution in [0.4, 0.5) is 0 Å². The second kappa shape index (κ2) is 11.4. The highest BCUT2D eigenvalue weighted by Gasteiger charge is 2.15. The van der Waals surface area contributed by atoms with Crippen molar-refractivity contribution in [2.75, 3.05) is 13.7 Å². The lowest BCUT2D eigenvalue weighted by Gasteiger charge is -2.20. The van der Waals surface area contributed by atoms with Crippen LogP contribution < -0.4 is 4.74 Å². The van der Waals surface area contributed by atoms with Crippen LogP contribution in [0.15, 0.2) is 24.3 Å². The Balaban J connectivity index is 2.59. The molecule has 0 bridgehead atoms. The van der Waals surface area contributed by atoms with Crippen LogP contribution in [-0.4, -0.2) is 19.8 Å². The highest BCUT2D eigenvalue weighted by molar-refractivity contribution is 5.59. The standard InChI is InChI=1S/C24H40O2/c1-8-12-20(18-26-19(2)3)13-10-9-11-14-21-17-22(24(4,5)6)15-16-23(21)25-7/h11,14-17,19-20H,8-10,12-13,18H2,1-7H3/b14-11+. The molecular weight excluding hydrogens is 320 g/mol. The van der Waals surface area contributed by atoms with Gasteiger partial charge in [0.2, 0.25) is 0 Å². The number of hydrogen-bond acceptors (Lipinski definition) is 2. The van der Waals surface area contributed by atoms with Gasteiger partial charge in [0.1, 0.15) is 5.75 Å². The van der Waals surface area contributed by atoms with Gasteiger partial charge in [-0.25, -0.2) is 0 Å². The fourth-order valence-corrected chi connectivity index (χ4v) is 3.11. The van der Waals surface area contributed by atoms with Gasteiger partial charge in [-0.2, -0.15) is 0 Å². The van der Waals surface area contributed by atoms with Gasteiger partial charge in [0, 0.05) is 12.2 Å². The molecule has 1 aromatic rings. The minimum Gasteiger partial charge on any atom is -0.496 e. The van der Waals surface area contributed by atoms with E-state index in [9.17, 15) is 0 Å². The predicted molar refractivity (Wildman–Crippen MR) is 114 cm³/mol. The van der Waals surface area contributed by atoms with E-state index in [-0.39, 0.29) is 5.41 Å². The Hall–Kier alpha value is -1.28. The Bertz CT molecular complexity index is 538. The van der Waals surface area contributed by atoms with Crippen molar-refractivity contribution < 1.29 is 9.47 Å². The van der Waals surface area contributed by atoms with E-state index in [2.05, 4.69) is 71.9 Å². The van der Waals surface area contributed by atoms with E-state index < -0.39 is 0 Å². The lowest BCUT2D eigenvalue weighted by atomic mass is 9.86. The van der Waals surface area contributed by atoms with Crippen molar-refractivity contribution in [2.24, 2.45) is 5.92 Å². The van der Waals surface area contributed by atoms with E-state index in [1.54, 1.807) is 7.11 Å². The molecule has 0 aliphatic rings. The van der Waals surface area contributed by atoms with Crippen molar-refractivity contribution in [1.29, 1.82) is 0 Å². The third-order valence-electron chi connectivity index (χ3n) is 4.74. The minimum absolute atomic E-state index is 0.151. The second-order valence-corrected chi connectivity index (χ2v) is 8.58. The molecular formula is C24H40O2. The van der Waals surface area contributed by atoms with Gasteiger partial charge >= 0.3 is 0 Å². The number of allylic oxidation sites excluding steroid dienone is 1. The van der Waals surface area contributed by atoms with Crippen molar-refractivity contribution >= 4 is 6.08 Å². The average Bonchev–Trinajstić information content (AvgIpc) is 2.58. The third-order valence-corrected chi connectivity index (χ3v) is 4.74. The van der Waals surface area contributed by atoms with Gasteiger partial charge in [0.05, 0.1) is 13.2 Å². The Morgan fingerprint density at radius 1 is 1.12 bits per heavy atom. The van der Waals surface area contributed by atoms with Crippen molar-refractivity contribution in [1.82, 2.24) is 0 Å². The number of unbranched alkanes of at least 4 members (excludes halogenated alkanes) is 1. The molecule has 1 aromatic carbocycles. The van der Waals surface area contributed by atoms with Gasteiger partial charge in [-0.15, -0.1) is 0 Å². The Labute approximate surface area is 162 Å². The maximum atomic E-state index is 5.82. The topological polar surface area (TPSA) is 18.5 Å². The van der Waals surface area contributed by atoms with Crippen molar-refractivity contribution in [2.45, 2.75) is 85.2 Å². The summed E-state index contributed by atoms with van der Waals surface area (Å²) in [6.07, 6.45) is 10.9. The highest BCUT2D eigenvalue weighted by Crippen LogP contribution is 2.29. The summed E-state index contributed by atoms with van der Waals surface area (Å²) in [4.78, 5) is 0. The molecule has 148 valence electrons. The molecule has 0 N–H and O–H groups in total. The van der Waals surface area contributed by atoms with Crippen LogP contribution in [0.1, 0.15) is 84.8 Å². The first-order valence-electron chi connectivity index (χ1n) is 10.2. The first kappa shape index (κ1) is 22.8. The summed E-state index contributed by atoms with van der Waals surface area (Å²) in [6, 6.07) is 6.51. The quantitative estimate of drug-likeness (QED) is 0.395. The molecule has 0 heterocycles. The summed E-state index contributed by atoms with van der Waals surface area (Å²) < 4.78 is 11.4. The van der Waals surface area contributed by atoms with E-state index in [1.165, 1.54) is 36.8 Å². The number of hydrogen-bond donors (Lipinski definition) is 0. The van der Waals surface area contributed by atoms with Crippen LogP contribution in [0, 0.1) is 5.92 Å². The van der Waals surface area contributed by atoms with Crippen LogP contribution in [0.2, 0.25) is 0 Å². The highest BCUT2D eigenvalue weighted by atomic mass is 16.5. The zero-order chi connectivity index (χ0) is 19.6. The summed E-state index contributed by atoms with van der Waals surface area (Å²) in [6.45, 7) is 14.1. The van der Waals surface area contributed by atoms with E-state index in [4.69, 9.17) is 9.47 Å². The third kappa shape index (κ3) is 8.40. The number of benzene rings is 1. The molecule has 1 unspecified atom stereocenters. The van der Waals surface area contributed by atoms with E-state index in [1.807, 2.05) is 0 Å². The van der Waals surface area contributed by atoms with E-state index in [0.29, 0.717) is 12.0 Å². The second-order valence-electron chi connectivity index (χ2n) is 8.58. The first-order chi connectivity index (χ1) is 12.3. The molecule has 0 aromatic heterocycles. The van der Waals surface area contributed by atoms with E-state index >= 15 is 0 Å². The molecule has 0 aliphatic heterocycles. The van der Waals surface area contributed by atoms with Crippen LogP contribution in [0.25, 0.3) is 6.08 Å². The smallest absolute Gasteiger partial charge is 0.126 e. The summed E-state index contributed by atoms with van der Waals surface area (Å²) in [5, 5.41) is 0. The normalized spacial score (nSPS) is 13.5. The van der Waals surface area contributed by atoms with Crippen molar-refractivity contribution in [3.05, 3.63) is 35.4 Å². The van der Waals surface area contributed by atoms with Crippen LogP contribution >= 0.6 is 0 Å². The van der Waals surface area contributed by atoms with Gasteiger partial charge in [0.15, 0.2) is 0 Å². The summed E-state index contributed by atoms with van der Waals surface area (Å²) in [5.41, 5.74) is 2.67. The number of ether oxygens (including phenoxy) is 2. The Kier molecular flexibility index (Phi) is 10.0. The fraction of sp³-hybridized carbons (Fsp3) is 0.667. The predicted octanol–water partition coefficient (Wildman–Crippen LogP) is 7.02. The van der Waals surface area contributed by atoms with Crippen LogP contribution in [-0.2, 0) is 10.2 Å². The summed E-state index contributed by atoms with van der Waals surface area (Å²) in [7, 11) is 1.74. The molecule has 0 saturated heterocycles. The molecule has 2 nitrogen and oxygen atoms in total. The van der Waals surface area contributed by atoms with Gasteiger partial charge in [-0.05, 0) is 68.6 Å². The van der Waals surface area contributed by atoms with Crippen LogP contribution in [0.3, 0.4) is 0 Å². The molecule has 1 rings (SSSR count). The number of methoxy groups -OCH3 is 1. The van der Waals surface area contributed by atoms with E-state index in [0.717, 1.165) is 18.8 Å². The van der Waals surface area contributed by atoms with Gasteiger partial charge in [-0.1, -0.05) is 52.3 Å². The Morgan fingerprint density at radius 3 is 2.42 bits per heavy atom. The first-order valence-corrected chi connectivity index (χ1v) is 10.2. The monoisotopic (exact) mass is 360 g/mol. The average molecular weight is 361 g/mol. The Morgan fingerprint density at radius 2 is 1.85 bits per heavy atom. The molecule has 0 radical (unpaired) electrons. The molecule has 0 amide bonds. The van der Waals surface area contributed by atoms with Gasteiger partial charge < -0.3 is 9.47 Å². The maximum Gasteiger partial charge on any atom is 0.126 e. The zero-order valence-electron chi connectivity index (χ0n) is 18.1. The maximum absolute atomic E-state index is 5.82. The largest absolute Gasteiger partial charge is 0.496 e. The molecule has 0 saturated carbocycles. The zero-order valence-corrected chi connectivity index (χ0v) is 18.1. The molecule has 1 atom stereocenters. The minimum atomic E-state index is 0.151. The van der Waals surface area contributed by atoms with Gasteiger partial charge in [-0.3, -0.25) is 0 Å². The SMILES string of the molecule is CCCC(CCC/C=C/c1cc(C(C)(C)C)ccc1OC)COC(C)C. The molecule has 26 heavy (non-hydrogen) atoms.